The number of carboxylic acid groups (broad SMARTS) is 1. The number of nitrogens with one attached hydrogen (secondary N) is 1. The molecule has 124 valence electrons. The van der Waals surface area contributed by atoms with E-state index in [2.05, 4.69) is 22.2 Å². The summed E-state index contributed by atoms with van der Waals surface area (Å²) in [6.45, 7) is 2.07. The lowest BCUT2D eigenvalue weighted by molar-refractivity contribution is -0.137. The van der Waals surface area contributed by atoms with Gasteiger partial charge in [0.25, 0.3) is 0 Å². The second-order valence-electron chi connectivity index (χ2n) is 5.41. The van der Waals surface area contributed by atoms with Gasteiger partial charge in [-0.2, -0.15) is 0 Å². The van der Waals surface area contributed by atoms with Gasteiger partial charge in [0.1, 0.15) is 28.8 Å². The van der Waals surface area contributed by atoms with Gasteiger partial charge in [-0.25, -0.2) is 14.8 Å². The molecule has 1 atom stereocenters. The monoisotopic (exact) mass is 343 g/mol. The van der Waals surface area contributed by atoms with Gasteiger partial charge in [0.2, 0.25) is 0 Å². The molecule has 0 saturated carbocycles. The molecule has 24 heavy (non-hydrogen) atoms. The maximum Gasteiger partial charge on any atom is 0.326 e. The van der Waals surface area contributed by atoms with Crippen LogP contribution in [0.15, 0.2) is 36.7 Å². The van der Waals surface area contributed by atoms with Crippen molar-refractivity contribution in [2.24, 2.45) is 0 Å². The predicted molar refractivity (Wildman–Crippen MR) is 93.7 cm³/mol. The quantitative estimate of drug-likeness (QED) is 0.637. The number of hydrogen-bond acceptors (Lipinski definition) is 6. The Hall–Kier alpha value is -2.67. The smallest absolute Gasteiger partial charge is 0.326 e. The van der Waals surface area contributed by atoms with E-state index in [9.17, 15) is 15.0 Å². The second-order valence-corrected chi connectivity index (χ2v) is 6.53. The number of benzene rings is 1. The number of fused-ring (bicyclic) bond motifs is 1. The summed E-state index contributed by atoms with van der Waals surface area (Å²) in [5, 5.41) is 22.7. The number of carboxylic acids is 1. The number of rotatable bonds is 6. The molecule has 0 aliphatic heterocycles. The predicted octanol–water partition coefficient (Wildman–Crippen LogP) is 3.07. The molecular weight excluding hydrogens is 326 g/mol. The van der Waals surface area contributed by atoms with Crippen LogP contribution in [0.3, 0.4) is 0 Å². The van der Waals surface area contributed by atoms with E-state index in [-0.39, 0.29) is 12.2 Å². The van der Waals surface area contributed by atoms with Crippen molar-refractivity contribution in [2.75, 3.05) is 5.32 Å². The highest BCUT2D eigenvalue weighted by molar-refractivity contribution is 7.18. The highest BCUT2D eigenvalue weighted by Crippen LogP contribution is 2.29. The van der Waals surface area contributed by atoms with Gasteiger partial charge in [0.15, 0.2) is 0 Å². The second kappa shape index (κ2) is 6.84. The Kier molecular flexibility index (Phi) is 4.61. The zero-order valence-corrected chi connectivity index (χ0v) is 13.9. The first-order chi connectivity index (χ1) is 11.6. The van der Waals surface area contributed by atoms with Crippen LogP contribution in [0, 0.1) is 0 Å². The van der Waals surface area contributed by atoms with Crippen molar-refractivity contribution in [3.63, 3.8) is 0 Å². The fraction of sp³-hybridized carbons (Fsp3) is 0.235. The summed E-state index contributed by atoms with van der Waals surface area (Å²) in [4.78, 5) is 22.1. The van der Waals surface area contributed by atoms with Crippen molar-refractivity contribution < 1.29 is 15.0 Å². The minimum absolute atomic E-state index is 0.154. The van der Waals surface area contributed by atoms with Crippen molar-refractivity contribution >= 4 is 33.3 Å². The summed E-state index contributed by atoms with van der Waals surface area (Å²) >= 11 is 1.59. The Bertz CT molecular complexity index is 861. The lowest BCUT2D eigenvalue weighted by Crippen LogP contribution is -2.32. The minimum atomic E-state index is -0.958. The summed E-state index contributed by atoms with van der Waals surface area (Å²) in [6, 6.07) is 7.69. The van der Waals surface area contributed by atoms with Crippen LogP contribution in [0.1, 0.15) is 17.4 Å². The molecule has 1 unspecified atom stereocenters. The highest BCUT2D eigenvalue weighted by Gasteiger charge is 2.20. The Morgan fingerprint density at radius 2 is 2.04 bits per heavy atom. The van der Waals surface area contributed by atoms with E-state index in [0.29, 0.717) is 5.82 Å². The molecule has 3 aromatic rings. The number of aromatic nitrogens is 2. The number of nitrogens with zero attached hydrogens (tertiary/aromatic N) is 2. The number of phenolic OH excluding ortho intramolecular Hbond substituents is 1. The van der Waals surface area contributed by atoms with E-state index in [1.807, 2.05) is 6.07 Å². The number of aromatic hydroxyl groups is 1. The van der Waals surface area contributed by atoms with Crippen molar-refractivity contribution in [1.82, 2.24) is 9.97 Å². The van der Waals surface area contributed by atoms with Crippen LogP contribution in [0.5, 0.6) is 5.75 Å². The van der Waals surface area contributed by atoms with Gasteiger partial charge in [-0.15, -0.1) is 11.3 Å². The van der Waals surface area contributed by atoms with Crippen LogP contribution in [-0.2, 0) is 17.6 Å². The van der Waals surface area contributed by atoms with Crippen LogP contribution in [0.4, 0.5) is 5.82 Å². The summed E-state index contributed by atoms with van der Waals surface area (Å²) in [5.74, 6) is -0.274. The molecule has 0 fully saturated rings. The molecular formula is C17H17N3O3S. The Balaban J connectivity index is 1.87. The molecule has 0 amide bonds. The Morgan fingerprint density at radius 3 is 2.71 bits per heavy atom. The van der Waals surface area contributed by atoms with Crippen LogP contribution >= 0.6 is 11.3 Å². The van der Waals surface area contributed by atoms with Gasteiger partial charge in [-0.05, 0) is 30.2 Å². The number of phenols is 1. The maximum atomic E-state index is 11.6. The van der Waals surface area contributed by atoms with E-state index < -0.39 is 12.0 Å². The number of carbonyl (C=O) groups is 1. The molecule has 0 spiro atoms. The Labute approximate surface area is 142 Å². The Morgan fingerprint density at radius 1 is 1.29 bits per heavy atom. The first-order valence-electron chi connectivity index (χ1n) is 7.57. The van der Waals surface area contributed by atoms with Gasteiger partial charge >= 0.3 is 5.97 Å². The molecule has 0 saturated heterocycles. The third-order valence-corrected chi connectivity index (χ3v) is 4.90. The minimum Gasteiger partial charge on any atom is -0.508 e. The van der Waals surface area contributed by atoms with Gasteiger partial charge < -0.3 is 15.5 Å². The fourth-order valence-corrected chi connectivity index (χ4v) is 3.36. The number of hydrogen-bond donors (Lipinski definition) is 3. The van der Waals surface area contributed by atoms with E-state index in [4.69, 9.17) is 0 Å². The average molecular weight is 343 g/mol. The molecule has 2 heterocycles. The highest BCUT2D eigenvalue weighted by atomic mass is 32.1. The topological polar surface area (TPSA) is 95.3 Å². The standard InChI is InChI=1S/C17H17N3O3S/c1-2-12-8-13-15(18-9-19-16(13)24-12)20-14(17(22)23)7-10-3-5-11(21)6-4-10/h3-6,8-9,14,21H,2,7H2,1H3,(H,22,23)(H,18,19,20). The molecule has 1 aromatic carbocycles. The molecule has 0 radical (unpaired) electrons. The van der Waals surface area contributed by atoms with Crippen molar-refractivity contribution in [1.29, 1.82) is 0 Å². The largest absolute Gasteiger partial charge is 0.508 e. The molecule has 0 aliphatic carbocycles. The normalized spacial score (nSPS) is 12.2. The molecule has 6 nitrogen and oxygen atoms in total. The van der Waals surface area contributed by atoms with E-state index in [1.54, 1.807) is 35.6 Å². The summed E-state index contributed by atoms with van der Waals surface area (Å²) in [6.07, 6.45) is 2.63. The average Bonchev–Trinajstić information content (AvgIpc) is 3.00. The molecule has 0 aliphatic rings. The van der Waals surface area contributed by atoms with Gasteiger partial charge in [0, 0.05) is 11.3 Å². The zero-order chi connectivity index (χ0) is 17.1. The third-order valence-electron chi connectivity index (χ3n) is 3.71. The summed E-state index contributed by atoms with van der Waals surface area (Å²) in [7, 11) is 0. The first kappa shape index (κ1) is 16.2. The van der Waals surface area contributed by atoms with Gasteiger partial charge in [0.05, 0.1) is 5.39 Å². The van der Waals surface area contributed by atoms with Crippen LogP contribution in [-0.4, -0.2) is 32.2 Å². The number of aliphatic carboxylic acids is 1. The first-order valence-corrected chi connectivity index (χ1v) is 8.39. The lowest BCUT2D eigenvalue weighted by atomic mass is 10.1. The number of thiophene rings is 1. The van der Waals surface area contributed by atoms with E-state index in [1.165, 1.54) is 11.2 Å². The zero-order valence-electron chi connectivity index (χ0n) is 13.1. The molecule has 3 rings (SSSR count). The van der Waals surface area contributed by atoms with Gasteiger partial charge in [-0.3, -0.25) is 0 Å². The van der Waals surface area contributed by atoms with Crippen LogP contribution in [0.2, 0.25) is 0 Å². The summed E-state index contributed by atoms with van der Waals surface area (Å²) < 4.78 is 0. The lowest BCUT2D eigenvalue weighted by Gasteiger charge is -2.15. The van der Waals surface area contributed by atoms with Crippen molar-refractivity contribution in [3.8, 4) is 5.75 Å². The fourth-order valence-electron chi connectivity index (χ4n) is 2.43. The van der Waals surface area contributed by atoms with Gasteiger partial charge in [-0.1, -0.05) is 19.1 Å². The maximum absolute atomic E-state index is 11.6. The number of anilines is 1. The third kappa shape index (κ3) is 3.46. The molecule has 0 bridgehead atoms. The number of aryl methyl sites for hydroxylation is 1. The van der Waals surface area contributed by atoms with Crippen molar-refractivity contribution in [2.45, 2.75) is 25.8 Å². The SMILES string of the molecule is CCc1cc2c(NC(Cc3ccc(O)cc3)C(=O)O)ncnc2s1. The van der Waals surface area contributed by atoms with Crippen LogP contribution in [0.25, 0.3) is 10.2 Å². The van der Waals surface area contributed by atoms with E-state index >= 15 is 0 Å². The van der Waals surface area contributed by atoms with E-state index in [0.717, 1.165) is 22.2 Å². The summed E-state index contributed by atoms with van der Waals surface area (Å²) in [5.41, 5.74) is 0.817. The molecule has 3 N–H and O–H groups in total. The molecule has 7 heteroatoms. The molecule has 2 aromatic heterocycles. The van der Waals surface area contributed by atoms with Crippen molar-refractivity contribution in [3.05, 3.63) is 47.1 Å². The van der Waals surface area contributed by atoms with Crippen LogP contribution < -0.4 is 5.32 Å².